The summed E-state index contributed by atoms with van der Waals surface area (Å²) in [4.78, 5) is 27.5. The van der Waals surface area contributed by atoms with Crippen LogP contribution in [0.2, 0.25) is 0 Å². The number of benzene rings is 2. The van der Waals surface area contributed by atoms with E-state index in [2.05, 4.69) is 24.5 Å². The fourth-order valence-corrected chi connectivity index (χ4v) is 6.13. The molecule has 0 aromatic heterocycles. The minimum Gasteiger partial charge on any atom is -0.454 e. The summed E-state index contributed by atoms with van der Waals surface area (Å²) in [5.41, 5.74) is 2.54. The summed E-state index contributed by atoms with van der Waals surface area (Å²) >= 11 is 0. The van der Waals surface area contributed by atoms with Gasteiger partial charge in [0, 0.05) is 42.5 Å². The number of carbonyl (C=O) groups excluding carboxylic acids is 2. The lowest BCUT2D eigenvalue weighted by Crippen LogP contribution is -2.48. The number of anilines is 1. The Hall–Kier alpha value is -3.26. The molecule has 3 unspecified atom stereocenters. The number of amides is 1. The number of piperidine rings is 1. The third-order valence-electron chi connectivity index (χ3n) is 8.01. The van der Waals surface area contributed by atoms with Crippen molar-refractivity contribution in [3.05, 3.63) is 53.6 Å². The van der Waals surface area contributed by atoms with Gasteiger partial charge in [0.05, 0.1) is 0 Å². The first-order chi connectivity index (χ1) is 17.4. The van der Waals surface area contributed by atoms with Crippen LogP contribution in [0.25, 0.3) is 0 Å². The summed E-state index contributed by atoms with van der Waals surface area (Å²) in [5.74, 6) is 1.19. The number of esters is 1. The number of nitrogens with zero attached hydrogens (tertiary/aromatic N) is 1. The normalized spacial score (nSPS) is 25.8. The smallest absolute Gasteiger partial charge is 0.321 e. The highest BCUT2D eigenvalue weighted by Gasteiger charge is 2.48. The van der Waals surface area contributed by atoms with Crippen molar-refractivity contribution in [3.63, 3.8) is 0 Å². The van der Waals surface area contributed by atoms with E-state index in [-0.39, 0.29) is 18.7 Å². The van der Waals surface area contributed by atoms with Crippen LogP contribution in [-0.4, -0.2) is 55.5 Å². The molecule has 8 nitrogen and oxygen atoms in total. The highest BCUT2D eigenvalue weighted by Crippen LogP contribution is 2.45. The van der Waals surface area contributed by atoms with E-state index < -0.39 is 12.1 Å². The quantitative estimate of drug-likeness (QED) is 0.450. The minimum atomic E-state index is -0.512. The molecule has 1 amide bonds. The topological polar surface area (TPSA) is 99.0 Å². The zero-order valence-corrected chi connectivity index (χ0v) is 20.8. The molecule has 2 aromatic carbocycles. The minimum absolute atomic E-state index is 0.0772. The van der Waals surface area contributed by atoms with Crippen LogP contribution in [-0.2, 0) is 9.53 Å². The molecule has 4 aliphatic rings. The van der Waals surface area contributed by atoms with E-state index in [1.54, 1.807) is 0 Å². The zero-order valence-electron chi connectivity index (χ0n) is 20.8. The van der Waals surface area contributed by atoms with Crippen LogP contribution in [0.3, 0.4) is 0 Å². The summed E-state index contributed by atoms with van der Waals surface area (Å²) in [6, 6.07) is 13.6. The molecule has 6 rings (SSSR count). The summed E-state index contributed by atoms with van der Waals surface area (Å²) in [7, 11) is 0. The predicted molar refractivity (Wildman–Crippen MR) is 134 cm³/mol. The first-order valence-electron chi connectivity index (χ1n) is 12.9. The highest BCUT2D eigenvalue weighted by atomic mass is 16.7. The number of ether oxygens (including phenoxy) is 3. The van der Waals surface area contributed by atoms with E-state index in [1.165, 1.54) is 6.42 Å². The average molecular weight is 492 g/mol. The monoisotopic (exact) mass is 491 g/mol. The van der Waals surface area contributed by atoms with Gasteiger partial charge in [0.1, 0.15) is 5.92 Å². The van der Waals surface area contributed by atoms with E-state index in [0.29, 0.717) is 34.4 Å². The van der Waals surface area contributed by atoms with Crippen molar-refractivity contribution < 1.29 is 23.8 Å². The van der Waals surface area contributed by atoms with Gasteiger partial charge in [0.2, 0.25) is 6.79 Å². The number of hydrogen-bond donors (Lipinski definition) is 2. The largest absolute Gasteiger partial charge is 0.454 e. The Bertz CT molecular complexity index is 1150. The third-order valence-corrected chi connectivity index (χ3v) is 8.01. The van der Waals surface area contributed by atoms with Crippen LogP contribution in [0, 0.1) is 11.3 Å². The lowest BCUT2D eigenvalue weighted by Gasteiger charge is -2.43. The van der Waals surface area contributed by atoms with Crippen molar-refractivity contribution in [3.8, 4) is 11.5 Å². The fourth-order valence-electron chi connectivity index (χ4n) is 6.13. The maximum atomic E-state index is 13.2. The van der Waals surface area contributed by atoms with Gasteiger partial charge >= 0.3 is 5.97 Å². The van der Waals surface area contributed by atoms with E-state index in [9.17, 15) is 9.59 Å². The van der Waals surface area contributed by atoms with Gasteiger partial charge in [-0.05, 0) is 60.9 Å². The van der Waals surface area contributed by atoms with Crippen molar-refractivity contribution in [2.75, 3.05) is 31.7 Å². The van der Waals surface area contributed by atoms with Gasteiger partial charge < -0.3 is 29.7 Å². The maximum Gasteiger partial charge on any atom is 0.321 e. The molecule has 190 valence electrons. The molecular weight excluding hydrogens is 458 g/mol. The van der Waals surface area contributed by atoms with Gasteiger partial charge in [-0.25, -0.2) is 0 Å². The van der Waals surface area contributed by atoms with Gasteiger partial charge in [0.15, 0.2) is 17.7 Å². The highest BCUT2D eigenvalue weighted by molar-refractivity contribution is 5.94. The Morgan fingerprint density at radius 1 is 1.14 bits per heavy atom. The Balaban J connectivity index is 1.09. The lowest BCUT2D eigenvalue weighted by atomic mass is 9.70. The Morgan fingerprint density at radius 2 is 1.89 bits per heavy atom. The molecule has 0 aliphatic carbocycles. The van der Waals surface area contributed by atoms with Crippen molar-refractivity contribution >= 4 is 17.6 Å². The molecule has 4 aliphatic heterocycles. The number of cyclic esters (lactones) is 1. The van der Waals surface area contributed by atoms with E-state index >= 15 is 0 Å². The van der Waals surface area contributed by atoms with Crippen LogP contribution in [0.4, 0.5) is 5.69 Å². The molecule has 3 atom stereocenters. The molecular formula is C28H33N3O5. The van der Waals surface area contributed by atoms with Crippen molar-refractivity contribution in [2.24, 2.45) is 11.3 Å². The van der Waals surface area contributed by atoms with Gasteiger partial charge in [-0.3, -0.25) is 9.59 Å². The average Bonchev–Trinajstić information content (AvgIpc) is 3.62. The van der Waals surface area contributed by atoms with Crippen LogP contribution in [0.5, 0.6) is 11.5 Å². The number of hydrogen-bond acceptors (Lipinski definition) is 7. The van der Waals surface area contributed by atoms with Crippen LogP contribution >= 0.6 is 0 Å². The standard InChI is InChI=1S/C28H33N3O5/c1-17(2)14-28(22-15-29-22)10-12-31(13-11-28)26(32)18-6-8-19(9-7-18)30-25-23(27(33)36-25)20-4-3-5-21-24(20)35-16-34-21/h3-9,17,22-23,25,29-30H,10-16H2,1-2H3. The number of nitrogens with one attached hydrogen (secondary N) is 2. The summed E-state index contributed by atoms with van der Waals surface area (Å²) < 4.78 is 16.4. The molecule has 0 bridgehead atoms. The van der Waals surface area contributed by atoms with E-state index in [4.69, 9.17) is 14.2 Å². The molecule has 8 heteroatoms. The summed E-state index contributed by atoms with van der Waals surface area (Å²) in [6.07, 6.45) is 2.81. The third kappa shape index (κ3) is 4.17. The first-order valence-corrected chi connectivity index (χ1v) is 12.9. The van der Waals surface area contributed by atoms with Gasteiger partial charge in [0.25, 0.3) is 5.91 Å². The second kappa shape index (κ2) is 9.00. The van der Waals surface area contributed by atoms with Gasteiger partial charge in [-0.1, -0.05) is 26.0 Å². The van der Waals surface area contributed by atoms with Crippen LogP contribution < -0.4 is 20.1 Å². The molecule has 2 N–H and O–H groups in total. The van der Waals surface area contributed by atoms with Crippen LogP contribution in [0.15, 0.2) is 42.5 Å². The number of carbonyl (C=O) groups is 2. The second-order valence-electron chi connectivity index (χ2n) is 10.9. The first kappa shape index (κ1) is 23.2. The predicted octanol–water partition coefficient (Wildman–Crippen LogP) is 3.73. The van der Waals surface area contributed by atoms with E-state index in [1.807, 2.05) is 47.4 Å². The van der Waals surface area contributed by atoms with Gasteiger partial charge in [-0.15, -0.1) is 0 Å². The Morgan fingerprint density at radius 3 is 2.56 bits per heavy atom. The van der Waals surface area contributed by atoms with Crippen molar-refractivity contribution in [1.82, 2.24) is 10.2 Å². The molecule has 3 fully saturated rings. The fraction of sp³-hybridized carbons (Fsp3) is 0.500. The van der Waals surface area contributed by atoms with Crippen molar-refractivity contribution in [1.29, 1.82) is 0 Å². The van der Waals surface area contributed by atoms with Crippen LogP contribution in [0.1, 0.15) is 54.9 Å². The molecule has 0 spiro atoms. The Labute approximate surface area is 211 Å². The SMILES string of the molecule is CC(C)CC1(C2CN2)CCN(C(=O)c2ccc(NC3OC(=O)C3c3cccc4c3OCO4)cc2)CC1. The van der Waals surface area contributed by atoms with Gasteiger partial charge in [-0.2, -0.15) is 0 Å². The molecule has 36 heavy (non-hydrogen) atoms. The molecule has 0 radical (unpaired) electrons. The summed E-state index contributed by atoms with van der Waals surface area (Å²) in [5, 5.41) is 6.80. The number of likely N-dealkylation sites (tertiary alicyclic amines) is 1. The molecule has 3 saturated heterocycles. The molecule has 2 aromatic rings. The number of rotatable bonds is 7. The maximum absolute atomic E-state index is 13.2. The molecule has 4 heterocycles. The Kier molecular flexibility index (Phi) is 5.79. The zero-order chi connectivity index (χ0) is 24.9. The number of fused-ring (bicyclic) bond motifs is 1. The second-order valence-corrected chi connectivity index (χ2v) is 10.9. The molecule has 0 saturated carbocycles. The summed E-state index contributed by atoms with van der Waals surface area (Å²) in [6.45, 7) is 7.44. The van der Waals surface area contributed by atoms with Crippen molar-refractivity contribution in [2.45, 2.75) is 51.3 Å². The van der Waals surface area contributed by atoms with E-state index in [0.717, 1.165) is 43.7 Å². The number of para-hydroxylation sites is 1. The lowest BCUT2D eigenvalue weighted by molar-refractivity contribution is -0.171.